The smallest absolute Gasteiger partial charge is 0.270 e. The highest BCUT2D eigenvalue weighted by Gasteiger charge is 2.27. The molecule has 0 saturated carbocycles. The molecule has 1 aliphatic heterocycles. The molecule has 0 unspecified atom stereocenters. The summed E-state index contributed by atoms with van der Waals surface area (Å²) in [6, 6.07) is 20.9. The average molecular weight is 572 g/mol. The lowest BCUT2D eigenvalue weighted by Gasteiger charge is -2.30. The number of terminal acetylenes is 1. The van der Waals surface area contributed by atoms with E-state index in [-0.39, 0.29) is 12.1 Å². The molecule has 1 fully saturated rings. The number of rotatable bonds is 7. The molecule has 5 rings (SSSR count). The van der Waals surface area contributed by atoms with Crippen molar-refractivity contribution in [1.29, 1.82) is 0 Å². The molecule has 3 N–H and O–H groups in total. The summed E-state index contributed by atoms with van der Waals surface area (Å²) in [6.45, 7) is 15.7. The Balaban J connectivity index is 0.000000966. The number of likely N-dealkylation sites (tertiary alicyclic amines) is 1. The summed E-state index contributed by atoms with van der Waals surface area (Å²) in [6.07, 6.45) is 11.6. The van der Waals surface area contributed by atoms with Crippen LogP contribution in [0.5, 0.6) is 0 Å². The number of hydrogen-bond acceptors (Lipinski definition) is 4. The fourth-order valence-corrected chi connectivity index (χ4v) is 4.93. The van der Waals surface area contributed by atoms with Gasteiger partial charge in [0.15, 0.2) is 0 Å². The van der Waals surface area contributed by atoms with E-state index in [0.29, 0.717) is 11.5 Å². The minimum atomic E-state index is -2.93. The molecule has 0 radical (unpaired) electrons. The van der Waals surface area contributed by atoms with Crippen LogP contribution in [-0.2, 0) is 12.5 Å². The van der Waals surface area contributed by atoms with Crippen LogP contribution >= 0.6 is 0 Å². The van der Waals surface area contributed by atoms with Crippen molar-refractivity contribution in [2.45, 2.75) is 45.6 Å². The Hall–Kier alpha value is -4.41. The van der Waals surface area contributed by atoms with Crippen LogP contribution in [0.15, 0.2) is 86.5 Å². The van der Waals surface area contributed by atoms with Gasteiger partial charge in [-0.2, -0.15) is 0 Å². The molecule has 1 saturated heterocycles. The van der Waals surface area contributed by atoms with Gasteiger partial charge in [-0.3, -0.25) is 0 Å². The lowest BCUT2D eigenvalue weighted by Crippen LogP contribution is -2.27. The number of halogens is 2. The number of aryl methyl sites for hydroxylation is 1. The summed E-state index contributed by atoms with van der Waals surface area (Å²) in [4.78, 5) is 7.25. The first kappa shape index (κ1) is 33.8. The number of piperidine rings is 1. The van der Waals surface area contributed by atoms with E-state index in [0.717, 1.165) is 53.6 Å². The Morgan fingerprint density at radius 3 is 2.21 bits per heavy atom. The Kier molecular flexibility index (Phi) is 13.0. The average Bonchev–Trinajstić information content (AvgIpc) is 3.36. The van der Waals surface area contributed by atoms with Gasteiger partial charge in [-0.15, -0.1) is 26.0 Å². The van der Waals surface area contributed by atoms with E-state index in [1.807, 2.05) is 41.8 Å². The topological polar surface area (TPSA) is 59.1 Å². The standard InChI is InChI=1S/C30H32F2N4.C2H4.C2H2.CH5N/c1-21-11-14-25(15-12-21)33-29-34-27-19-23(22(2)35-17-7-4-8-18-35)13-16-28(27)36(29)20-24-9-5-6-10-26(24)30(3,31)32;3*1-2/h5-6,9-16,19H,2,4,7-8,17-18,20H2,1,3H3,(H,33,34);1-2H2;1-2H;2H2,1H3. The largest absolute Gasteiger partial charge is 0.372 e. The van der Waals surface area contributed by atoms with Crippen LogP contribution in [0.25, 0.3) is 16.7 Å². The number of nitrogens with one attached hydrogen (secondary N) is 1. The highest BCUT2D eigenvalue weighted by Crippen LogP contribution is 2.33. The van der Waals surface area contributed by atoms with Crippen LogP contribution in [0.1, 0.15) is 48.4 Å². The fraction of sp³-hybridized carbons (Fsp3) is 0.286. The molecule has 4 aromatic rings. The molecule has 1 aliphatic rings. The molecular weight excluding hydrogens is 528 g/mol. The zero-order chi connectivity index (χ0) is 31.3. The van der Waals surface area contributed by atoms with Crippen molar-refractivity contribution in [3.8, 4) is 12.8 Å². The van der Waals surface area contributed by atoms with Crippen LogP contribution in [0.2, 0.25) is 0 Å². The van der Waals surface area contributed by atoms with E-state index >= 15 is 0 Å². The van der Waals surface area contributed by atoms with Crippen LogP contribution in [0.3, 0.4) is 0 Å². The first-order valence-corrected chi connectivity index (χ1v) is 13.9. The maximum Gasteiger partial charge on any atom is 0.270 e. The maximum absolute atomic E-state index is 14.4. The van der Waals surface area contributed by atoms with Crippen molar-refractivity contribution < 1.29 is 8.78 Å². The highest BCUT2D eigenvalue weighted by atomic mass is 19.3. The second kappa shape index (κ2) is 16.1. The predicted molar refractivity (Wildman–Crippen MR) is 175 cm³/mol. The number of benzene rings is 3. The molecule has 0 atom stereocenters. The van der Waals surface area contributed by atoms with Gasteiger partial charge in [-0.05, 0) is 68.6 Å². The monoisotopic (exact) mass is 571 g/mol. The third-order valence-corrected chi connectivity index (χ3v) is 6.95. The maximum atomic E-state index is 14.4. The number of nitrogens with zero attached hydrogens (tertiary/aromatic N) is 3. The second-order valence-electron chi connectivity index (χ2n) is 9.76. The molecule has 5 nitrogen and oxygen atoms in total. The first-order valence-electron chi connectivity index (χ1n) is 13.9. The Bertz CT molecular complexity index is 1440. The Morgan fingerprint density at radius 1 is 0.976 bits per heavy atom. The van der Waals surface area contributed by atoms with E-state index in [9.17, 15) is 8.78 Å². The van der Waals surface area contributed by atoms with Gasteiger partial charge in [0.25, 0.3) is 5.92 Å². The predicted octanol–water partition coefficient (Wildman–Crippen LogP) is 8.33. The Morgan fingerprint density at radius 2 is 1.60 bits per heavy atom. The molecule has 2 heterocycles. The van der Waals surface area contributed by atoms with Gasteiger partial charge in [0.05, 0.1) is 17.6 Å². The quantitative estimate of drug-likeness (QED) is 0.173. The van der Waals surface area contributed by atoms with E-state index < -0.39 is 5.92 Å². The number of anilines is 2. The van der Waals surface area contributed by atoms with E-state index in [2.05, 4.69) is 60.7 Å². The van der Waals surface area contributed by atoms with Crippen molar-refractivity contribution in [1.82, 2.24) is 14.5 Å². The molecule has 42 heavy (non-hydrogen) atoms. The van der Waals surface area contributed by atoms with Crippen LogP contribution in [0, 0.1) is 19.8 Å². The van der Waals surface area contributed by atoms with E-state index in [1.54, 1.807) is 18.2 Å². The molecule has 3 aromatic carbocycles. The van der Waals surface area contributed by atoms with Crippen molar-refractivity contribution in [2.75, 3.05) is 25.5 Å². The summed E-state index contributed by atoms with van der Waals surface area (Å²) in [5.41, 5.74) is 10.9. The lowest BCUT2D eigenvalue weighted by molar-refractivity contribution is 0.0165. The molecule has 0 bridgehead atoms. The lowest BCUT2D eigenvalue weighted by atomic mass is 10.0. The molecular formula is C35H43F2N5. The third-order valence-electron chi connectivity index (χ3n) is 6.95. The van der Waals surface area contributed by atoms with Gasteiger partial charge >= 0.3 is 0 Å². The number of fused-ring (bicyclic) bond motifs is 1. The minimum Gasteiger partial charge on any atom is -0.372 e. The van der Waals surface area contributed by atoms with Crippen molar-refractivity contribution >= 4 is 28.4 Å². The van der Waals surface area contributed by atoms with Gasteiger partial charge in [-0.25, -0.2) is 13.8 Å². The zero-order valence-electron chi connectivity index (χ0n) is 25.0. The van der Waals surface area contributed by atoms with Crippen LogP contribution in [-0.4, -0.2) is 34.6 Å². The van der Waals surface area contributed by atoms with E-state index in [4.69, 9.17) is 4.98 Å². The Labute approximate surface area is 249 Å². The van der Waals surface area contributed by atoms with Gasteiger partial charge in [-0.1, -0.05) is 54.6 Å². The van der Waals surface area contributed by atoms with Crippen molar-refractivity contribution in [3.63, 3.8) is 0 Å². The fourth-order valence-electron chi connectivity index (χ4n) is 4.93. The number of aromatic nitrogens is 2. The van der Waals surface area contributed by atoms with Crippen molar-refractivity contribution in [3.05, 3.63) is 109 Å². The normalized spacial score (nSPS) is 12.5. The first-order chi connectivity index (χ1) is 20.3. The van der Waals surface area contributed by atoms with Crippen molar-refractivity contribution in [2.24, 2.45) is 5.73 Å². The number of alkyl halides is 2. The molecule has 1 aromatic heterocycles. The van der Waals surface area contributed by atoms with Gasteiger partial charge < -0.3 is 20.5 Å². The van der Waals surface area contributed by atoms with Crippen LogP contribution in [0.4, 0.5) is 20.4 Å². The summed E-state index contributed by atoms with van der Waals surface area (Å²) < 4.78 is 30.8. The molecule has 0 amide bonds. The van der Waals surface area contributed by atoms with Gasteiger partial charge in [0.2, 0.25) is 5.95 Å². The molecule has 7 heteroatoms. The third kappa shape index (κ3) is 8.31. The minimum absolute atomic E-state index is 0.0308. The molecule has 0 aliphatic carbocycles. The summed E-state index contributed by atoms with van der Waals surface area (Å²) in [5.74, 6) is -2.32. The molecule has 0 spiro atoms. The van der Waals surface area contributed by atoms with E-state index in [1.165, 1.54) is 32.4 Å². The highest BCUT2D eigenvalue weighted by molar-refractivity contribution is 5.83. The SMILES string of the molecule is C#C.C=C.C=C(c1ccc2c(c1)nc(Nc1ccc(C)cc1)n2Cc1ccccc1C(C)(F)F)N1CCCCC1.CN. The number of hydrogen-bond donors (Lipinski definition) is 2. The second-order valence-corrected chi connectivity index (χ2v) is 9.76. The summed E-state index contributed by atoms with van der Waals surface area (Å²) in [5, 5.41) is 3.41. The summed E-state index contributed by atoms with van der Waals surface area (Å²) in [7, 11) is 1.50. The number of nitrogens with two attached hydrogens (primary N) is 1. The van der Waals surface area contributed by atoms with Crippen LogP contribution < -0.4 is 11.1 Å². The summed E-state index contributed by atoms with van der Waals surface area (Å²) >= 11 is 0. The van der Waals surface area contributed by atoms with Gasteiger partial charge in [0, 0.05) is 37.0 Å². The molecule has 222 valence electrons. The zero-order valence-corrected chi connectivity index (χ0v) is 25.0. The van der Waals surface area contributed by atoms with Gasteiger partial charge in [0.1, 0.15) is 0 Å². The number of imidazole rings is 1.